The van der Waals surface area contributed by atoms with Crippen molar-refractivity contribution in [3.8, 4) is 11.8 Å². The zero-order valence-corrected chi connectivity index (χ0v) is 19.6. The van der Waals surface area contributed by atoms with Crippen LogP contribution in [0.25, 0.3) is 0 Å². The van der Waals surface area contributed by atoms with Crippen LogP contribution in [0.3, 0.4) is 0 Å². The number of piperidine rings is 1. The molecule has 0 bridgehead atoms. The Morgan fingerprint density at radius 1 is 1.12 bits per heavy atom. The number of nitrogens with one attached hydrogen (secondary N) is 1. The van der Waals surface area contributed by atoms with Gasteiger partial charge in [0.05, 0.1) is 6.04 Å². The maximum Gasteiger partial charge on any atom is 0.236 e. The first kappa shape index (κ1) is 23.2. The Balaban J connectivity index is 1.46. The number of ether oxygens (including phenoxy) is 1. The van der Waals surface area contributed by atoms with Crippen molar-refractivity contribution in [1.82, 2.24) is 9.88 Å². The molecular weight excluding hydrogens is 436 g/mol. The van der Waals surface area contributed by atoms with Gasteiger partial charge in [0, 0.05) is 11.6 Å². The Morgan fingerprint density at radius 2 is 1.85 bits per heavy atom. The highest BCUT2D eigenvalue weighted by molar-refractivity contribution is 6.30. The topological polar surface area (TPSA) is 74.3 Å². The number of anilines is 1. The molecule has 33 heavy (non-hydrogen) atoms. The van der Waals surface area contributed by atoms with Crippen LogP contribution in [0, 0.1) is 11.3 Å². The second kappa shape index (κ2) is 11.2. The average Bonchev–Trinajstić information content (AvgIpc) is 3.27. The third-order valence-corrected chi connectivity index (χ3v) is 6.27. The lowest BCUT2D eigenvalue weighted by Gasteiger charge is -2.35. The maximum absolute atomic E-state index is 9.56. The lowest BCUT2D eigenvalue weighted by molar-refractivity contribution is 0.170. The normalized spacial score (nSPS) is 15.1. The van der Waals surface area contributed by atoms with Gasteiger partial charge in [0.25, 0.3) is 0 Å². The minimum absolute atomic E-state index is 0.131. The Morgan fingerprint density at radius 3 is 2.52 bits per heavy atom. The first-order valence-electron chi connectivity index (χ1n) is 11.5. The Bertz CT molecular complexity index is 1070. The number of aromatic nitrogens is 1. The molecule has 172 valence electrons. The smallest absolute Gasteiger partial charge is 0.236 e. The quantitative estimate of drug-likeness (QED) is 0.420. The molecule has 1 aliphatic rings. The predicted octanol–water partition coefficient (Wildman–Crippen LogP) is 5.98. The lowest BCUT2D eigenvalue weighted by atomic mass is 10.00. The van der Waals surface area contributed by atoms with Gasteiger partial charge in [0.1, 0.15) is 11.8 Å². The molecule has 2 heterocycles. The van der Waals surface area contributed by atoms with E-state index < -0.39 is 0 Å². The van der Waals surface area contributed by atoms with Gasteiger partial charge in [0.15, 0.2) is 6.61 Å². The maximum atomic E-state index is 9.56. The van der Waals surface area contributed by atoms with Crippen LogP contribution in [-0.2, 0) is 13.0 Å². The molecule has 7 heteroatoms. The summed E-state index contributed by atoms with van der Waals surface area (Å²) in [7, 11) is 0. The van der Waals surface area contributed by atoms with Gasteiger partial charge in [-0.1, -0.05) is 49.2 Å². The molecule has 4 rings (SSSR count). The molecule has 1 atom stereocenters. The number of nitriles is 1. The average molecular weight is 465 g/mol. The third-order valence-electron chi connectivity index (χ3n) is 6.01. The number of likely N-dealkylation sites (tertiary alicyclic amines) is 1. The summed E-state index contributed by atoms with van der Waals surface area (Å²) in [5.41, 5.74) is 2.84. The van der Waals surface area contributed by atoms with Crippen LogP contribution in [0.5, 0.6) is 5.75 Å². The van der Waals surface area contributed by atoms with E-state index in [2.05, 4.69) is 52.5 Å². The molecule has 1 aromatic heterocycles. The Labute approximate surface area is 200 Å². The Kier molecular flexibility index (Phi) is 7.87. The van der Waals surface area contributed by atoms with Crippen LogP contribution in [-0.4, -0.2) is 29.5 Å². The van der Waals surface area contributed by atoms with E-state index in [-0.39, 0.29) is 18.3 Å². The predicted molar refractivity (Wildman–Crippen MR) is 129 cm³/mol. The molecule has 3 aromatic rings. The summed E-state index contributed by atoms with van der Waals surface area (Å²) in [6.45, 7) is 5.08. The van der Waals surface area contributed by atoms with Crippen LogP contribution in [0.2, 0.25) is 5.02 Å². The molecule has 2 aromatic carbocycles. The standard InChI is InChI=1S/C26H29ClN4O2/c1-2-19-6-8-20(9-7-19)24(31-14-4-3-5-15-31)17-29-26-23(16-28)30-25(33-26)18-32-22-12-10-21(27)11-13-22/h6-13,24,29H,2-5,14-15,17-18H2,1H3/t24-/m1/s1. The van der Waals surface area contributed by atoms with Crippen molar-refractivity contribution in [2.24, 2.45) is 0 Å². The molecule has 1 fully saturated rings. The SMILES string of the molecule is CCc1ccc([C@@H](CNc2oc(COc3ccc(Cl)cc3)nc2C#N)N2CCCCC2)cc1. The molecule has 1 N–H and O–H groups in total. The van der Waals surface area contributed by atoms with E-state index in [9.17, 15) is 5.26 Å². The number of rotatable bonds is 9. The van der Waals surface area contributed by atoms with Crippen LogP contribution < -0.4 is 10.1 Å². The summed E-state index contributed by atoms with van der Waals surface area (Å²) in [6.07, 6.45) is 4.73. The highest BCUT2D eigenvalue weighted by Gasteiger charge is 2.24. The van der Waals surface area contributed by atoms with E-state index in [1.165, 1.54) is 30.4 Å². The van der Waals surface area contributed by atoms with Gasteiger partial charge in [-0.25, -0.2) is 0 Å². The molecule has 6 nitrogen and oxygen atoms in total. The molecular formula is C26H29ClN4O2. The largest absolute Gasteiger partial charge is 0.484 e. The van der Waals surface area contributed by atoms with Gasteiger partial charge in [-0.05, 0) is 67.7 Å². The van der Waals surface area contributed by atoms with Crippen LogP contribution in [0.15, 0.2) is 52.9 Å². The van der Waals surface area contributed by atoms with E-state index in [0.29, 0.717) is 29.1 Å². The number of aryl methyl sites for hydroxylation is 1. The summed E-state index contributed by atoms with van der Waals surface area (Å²) in [5.74, 6) is 1.40. The number of halogens is 1. The fourth-order valence-corrected chi connectivity index (χ4v) is 4.28. The highest BCUT2D eigenvalue weighted by Crippen LogP contribution is 2.27. The fourth-order valence-electron chi connectivity index (χ4n) is 4.15. The number of hydrogen-bond acceptors (Lipinski definition) is 6. The van der Waals surface area contributed by atoms with Crippen LogP contribution in [0.4, 0.5) is 5.88 Å². The van der Waals surface area contributed by atoms with Crippen molar-refractivity contribution in [1.29, 1.82) is 5.26 Å². The zero-order chi connectivity index (χ0) is 23.0. The van der Waals surface area contributed by atoms with Crippen molar-refractivity contribution < 1.29 is 9.15 Å². The second-order valence-corrected chi connectivity index (χ2v) is 8.66. The minimum atomic E-state index is 0.131. The van der Waals surface area contributed by atoms with Crippen molar-refractivity contribution in [3.05, 3.63) is 76.3 Å². The second-order valence-electron chi connectivity index (χ2n) is 8.23. The fraction of sp³-hybridized carbons (Fsp3) is 0.385. The summed E-state index contributed by atoms with van der Waals surface area (Å²) in [5, 5.41) is 13.5. The first-order valence-corrected chi connectivity index (χ1v) is 11.9. The van der Waals surface area contributed by atoms with E-state index in [4.69, 9.17) is 20.8 Å². The number of benzene rings is 2. The van der Waals surface area contributed by atoms with Gasteiger partial charge < -0.3 is 14.5 Å². The molecule has 0 saturated carbocycles. The summed E-state index contributed by atoms with van der Waals surface area (Å²) >= 11 is 5.91. The van der Waals surface area contributed by atoms with E-state index in [1.807, 2.05) is 0 Å². The van der Waals surface area contributed by atoms with E-state index >= 15 is 0 Å². The first-order chi connectivity index (χ1) is 16.2. The molecule has 0 amide bonds. The van der Waals surface area contributed by atoms with Crippen molar-refractivity contribution in [2.45, 2.75) is 45.3 Å². The molecule has 0 aliphatic carbocycles. The molecule has 1 aliphatic heterocycles. The van der Waals surface area contributed by atoms with Gasteiger partial charge in [-0.3, -0.25) is 4.90 Å². The van der Waals surface area contributed by atoms with Gasteiger partial charge in [-0.15, -0.1) is 0 Å². The summed E-state index contributed by atoms with van der Waals surface area (Å²) in [6, 6.07) is 18.2. The number of nitrogens with zero attached hydrogens (tertiary/aromatic N) is 3. The summed E-state index contributed by atoms with van der Waals surface area (Å²) in [4.78, 5) is 6.81. The lowest BCUT2D eigenvalue weighted by Crippen LogP contribution is -2.37. The van der Waals surface area contributed by atoms with Gasteiger partial charge in [-0.2, -0.15) is 10.2 Å². The minimum Gasteiger partial charge on any atom is -0.484 e. The summed E-state index contributed by atoms with van der Waals surface area (Å²) < 4.78 is 11.6. The van der Waals surface area contributed by atoms with Crippen molar-refractivity contribution >= 4 is 17.5 Å². The third kappa shape index (κ3) is 6.07. The molecule has 0 spiro atoms. The van der Waals surface area contributed by atoms with E-state index in [0.717, 1.165) is 19.5 Å². The van der Waals surface area contributed by atoms with E-state index in [1.54, 1.807) is 24.3 Å². The zero-order valence-electron chi connectivity index (χ0n) is 18.9. The molecule has 0 unspecified atom stereocenters. The highest BCUT2D eigenvalue weighted by atomic mass is 35.5. The molecule has 1 saturated heterocycles. The van der Waals surface area contributed by atoms with Gasteiger partial charge >= 0.3 is 0 Å². The monoisotopic (exact) mass is 464 g/mol. The molecule has 0 radical (unpaired) electrons. The van der Waals surface area contributed by atoms with Crippen molar-refractivity contribution in [3.63, 3.8) is 0 Å². The van der Waals surface area contributed by atoms with Crippen LogP contribution >= 0.6 is 11.6 Å². The Hall–Kier alpha value is -3.01. The number of oxazole rings is 1. The van der Waals surface area contributed by atoms with Crippen LogP contribution in [0.1, 0.15) is 54.9 Å². The van der Waals surface area contributed by atoms with Crippen molar-refractivity contribution in [2.75, 3.05) is 25.0 Å². The van der Waals surface area contributed by atoms with Gasteiger partial charge in [0.2, 0.25) is 17.5 Å². The number of hydrogen-bond donors (Lipinski definition) is 1.